The van der Waals surface area contributed by atoms with E-state index in [1.165, 1.54) is 39.0 Å². The number of hydrogen-bond donors (Lipinski definition) is 1. The SMILES string of the molecule is CCC(OC(C)=O)C(O)CC1COC(C)(C2CCCCC2)OC1CC. The Labute approximate surface area is 152 Å². The Morgan fingerprint density at radius 2 is 1.96 bits per heavy atom. The third kappa shape index (κ3) is 5.41. The topological polar surface area (TPSA) is 65.0 Å². The first-order chi connectivity index (χ1) is 11.9. The van der Waals surface area contributed by atoms with E-state index in [9.17, 15) is 9.90 Å². The summed E-state index contributed by atoms with van der Waals surface area (Å²) in [6.45, 7) is 8.11. The van der Waals surface area contributed by atoms with Gasteiger partial charge in [0.25, 0.3) is 0 Å². The van der Waals surface area contributed by atoms with E-state index in [1.54, 1.807) is 0 Å². The number of aliphatic hydroxyl groups is 1. The molecule has 0 aromatic rings. The van der Waals surface area contributed by atoms with Crippen LogP contribution < -0.4 is 0 Å². The largest absolute Gasteiger partial charge is 0.460 e. The fourth-order valence-corrected chi connectivity index (χ4v) is 4.40. The van der Waals surface area contributed by atoms with Crippen LogP contribution in [0, 0.1) is 11.8 Å². The molecule has 0 spiro atoms. The molecule has 146 valence electrons. The van der Waals surface area contributed by atoms with Crippen molar-refractivity contribution in [1.29, 1.82) is 0 Å². The molecule has 2 fully saturated rings. The molecule has 0 aromatic heterocycles. The molecule has 2 aliphatic rings. The van der Waals surface area contributed by atoms with Gasteiger partial charge in [-0.2, -0.15) is 0 Å². The van der Waals surface area contributed by atoms with Gasteiger partial charge in [-0.15, -0.1) is 0 Å². The second kappa shape index (κ2) is 9.33. The third-order valence-electron chi connectivity index (χ3n) is 5.94. The number of carbonyl (C=O) groups excluding carboxylic acids is 1. The first kappa shape index (κ1) is 20.7. The van der Waals surface area contributed by atoms with Crippen molar-refractivity contribution in [2.75, 3.05) is 6.61 Å². The molecular weight excluding hydrogens is 320 g/mol. The minimum absolute atomic E-state index is 0.0742. The maximum Gasteiger partial charge on any atom is 0.302 e. The van der Waals surface area contributed by atoms with E-state index in [-0.39, 0.29) is 18.0 Å². The van der Waals surface area contributed by atoms with Gasteiger partial charge in [0.2, 0.25) is 0 Å². The van der Waals surface area contributed by atoms with E-state index >= 15 is 0 Å². The predicted octanol–water partition coefficient (Wildman–Crippen LogP) is 3.82. The average molecular weight is 357 g/mol. The maximum atomic E-state index is 11.2. The quantitative estimate of drug-likeness (QED) is 0.703. The second-order valence-electron chi connectivity index (χ2n) is 7.85. The van der Waals surface area contributed by atoms with E-state index in [0.717, 1.165) is 6.42 Å². The zero-order valence-corrected chi connectivity index (χ0v) is 16.3. The highest BCUT2D eigenvalue weighted by atomic mass is 16.7. The lowest BCUT2D eigenvalue weighted by Gasteiger charge is -2.48. The molecule has 1 N–H and O–H groups in total. The van der Waals surface area contributed by atoms with Crippen LogP contribution in [0.2, 0.25) is 0 Å². The highest BCUT2D eigenvalue weighted by Gasteiger charge is 2.45. The molecule has 1 aliphatic heterocycles. The van der Waals surface area contributed by atoms with Crippen LogP contribution >= 0.6 is 0 Å². The zero-order chi connectivity index (χ0) is 18.4. The first-order valence-corrected chi connectivity index (χ1v) is 10.1. The number of ether oxygens (including phenoxy) is 3. The normalized spacial score (nSPS) is 33.6. The summed E-state index contributed by atoms with van der Waals surface area (Å²) >= 11 is 0. The van der Waals surface area contributed by atoms with Gasteiger partial charge < -0.3 is 19.3 Å². The molecule has 0 bridgehead atoms. The van der Waals surface area contributed by atoms with Gasteiger partial charge in [0.1, 0.15) is 6.10 Å². The molecule has 25 heavy (non-hydrogen) atoms. The summed E-state index contributed by atoms with van der Waals surface area (Å²) < 4.78 is 17.9. The number of carbonyl (C=O) groups is 1. The van der Waals surface area contributed by atoms with Crippen LogP contribution in [-0.4, -0.2) is 41.8 Å². The van der Waals surface area contributed by atoms with Gasteiger partial charge in [0.15, 0.2) is 5.79 Å². The van der Waals surface area contributed by atoms with Crippen LogP contribution in [0.5, 0.6) is 0 Å². The van der Waals surface area contributed by atoms with Gasteiger partial charge in [0, 0.05) is 18.8 Å². The lowest BCUT2D eigenvalue weighted by molar-refractivity contribution is -0.330. The fourth-order valence-electron chi connectivity index (χ4n) is 4.40. The Hall–Kier alpha value is -0.650. The van der Waals surface area contributed by atoms with Crippen LogP contribution in [0.3, 0.4) is 0 Å². The van der Waals surface area contributed by atoms with E-state index in [2.05, 4.69) is 13.8 Å². The van der Waals surface area contributed by atoms with Gasteiger partial charge in [0.05, 0.1) is 18.8 Å². The number of esters is 1. The Kier molecular flexibility index (Phi) is 7.71. The van der Waals surface area contributed by atoms with Crippen molar-refractivity contribution in [3.05, 3.63) is 0 Å². The van der Waals surface area contributed by atoms with Crippen molar-refractivity contribution in [2.24, 2.45) is 11.8 Å². The minimum atomic E-state index is -0.681. The molecular formula is C20H36O5. The van der Waals surface area contributed by atoms with Gasteiger partial charge in [-0.3, -0.25) is 4.79 Å². The zero-order valence-electron chi connectivity index (χ0n) is 16.3. The van der Waals surface area contributed by atoms with Gasteiger partial charge in [-0.05, 0) is 39.0 Å². The van der Waals surface area contributed by atoms with Crippen LogP contribution in [0.15, 0.2) is 0 Å². The summed E-state index contributed by atoms with van der Waals surface area (Å²) in [5.41, 5.74) is 0. The molecule has 2 rings (SSSR count). The van der Waals surface area contributed by atoms with E-state index < -0.39 is 18.0 Å². The number of aliphatic hydroxyl groups excluding tert-OH is 1. The second-order valence-corrected chi connectivity index (χ2v) is 7.85. The third-order valence-corrected chi connectivity index (χ3v) is 5.94. The first-order valence-electron chi connectivity index (χ1n) is 10.1. The van der Waals surface area contributed by atoms with Gasteiger partial charge >= 0.3 is 5.97 Å². The summed E-state index contributed by atoms with van der Waals surface area (Å²) in [4.78, 5) is 11.2. The van der Waals surface area contributed by atoms with Crippen LogP contribution in [0.25, 0.3) is 0 Å². The number of hydrogen-bond acceptors (Lipinski definition) is 5. The standard InChI is InChI=1S/C20H36O5/c1-5-18-15(12-17(22)19(6-2)24-14(3)21)13-23-20(4,25-18)16-10-8-7-9-11-16/h15-19,22H,5-13H2,1-4H3. The molecule has 1 aliphatic carbocycles. The van der Waals surface area contributed by atoms with E-state index in [0.29, 0.717) is 25.4 Å². The summed E-state index contributed by atoms with van der Waals surface area (Å²) in [6, 6.07) is 0. The highest BCUT2D eigenvalue weighted by Crippen LogP contribution is 2.41. The molecule has 5 heteroatoms. The monoisotopic (exact) mass is 356 g/mol. The van der Waals surface area contributed by atoms with Crippen molar-refractivity contribution in [2.45, 2.75) is 103 Å². The Morgan fingerprint density at radius 3 is 2.52 bits per heavy atom. The molecule has 0 amide bonds. The molecule has 1 saturated heterocycles. The van der Waals surface area contributed by atoms with Crippen LogP contribution in [0.4, 0.5) is 0 Å². The van der Waals surface area contributed by atoms with Crippen molar-refractivity contribution in [1.82, 2.24) is 0 Å². The molecule has 1 heterocycles. The molecule has 5 unspecified atom stereocenters. The Morgan fingerprint density at radius 1 is 1.28 bits per heavy atom. The Bertz CT molecular complexity index is 420. The lowest BCUT2D eigenvalue weighted by atomic mass is 9.82. The minimum Gasteiger partial charge on any atom is -0.460 e. The molecule has 5 atom stereocenters. The molecule has 5 nitrogen and oxygen atoms in total. The number of rotatable bonds is 7. The molecule has 0 radical (unpaired) electrons. The average Bonchev–Trinajstić information content (AvgIpc) is 2.61. The fraction of sp³-hybridized carbons (Fsp3) is 0.950. The van der Waals surface area contributed by atoms with Crippen molar-refractivity contribution < 1.29 is 24.1 Å². The van der Waals surface area contributed by atoms with Crippen molar-refractivity contribution in [3.8, 4) is 0 Å². The van der Waals surface area contributed by atoms with E-state index in [1.807, 2.05) is 6.92 Å². The molecule has 0 aromatic carbocycles. The summed E-state index contributed by atoms with van der Waals surface area (Å²) in [5.74, 6) is -0.256. The lowest BCUT2D eigenvalue weighted by Crippen LogP contribution is -2.53. The summed E-state index contributed by atoms with van der Waals surface area (Å²) in [6.07, 6.45) is 7.14. The van der Waals surface area contributed by atoms with Crippen LogP contribution in [-0.2, 0) is 19.0 Å². The van der Waals surface area contributed by atoms with Gasteiger partial charge in [-0.1, -0.05) is 33.1 Å². The highest BCUT2D eigenvalue weighted by molar-refractivity contribution is 5.66. The van der Waals surface area contributed by atoms with Crippen molar-refractivity contribution in [3.63, 3.8) is 0 Å². The van der Waals surface area contributed by atoms with E-state index in [4.69, 9.17) is 14.2 Å². The maximum absolute atomic E-state index is 11.2. The van der Waals surface area contributed by atoms with Gasteiger partial charge in [-0.25, -0.2) is 0 Å². The smallest absolute Gasteiger partial charge is 0.302 e. The van der Waals surface area contributed by atoms with Crippen LogP contribution in [0.1, 0.15) is 79.1 Å². The molecule has 1 saturated carbocycles. The summed E-state index contributed by atoms with van der Waals surface area (Å²) in [5, 5.41) is 10.5. The van der Waals surface area contributed by atoms with Crippen molar-refractivity contribution >= 4 is 5.97 Å². The Balaban J connectivity index is 1.95. The predicted molar refractivity (Wildman–Crippen MR) is 96.1 cm³/mol. The summed E-state index contributed by atoms with van der Waals surface area (Å²) in [7, 11) is 0.